The number of likely N-dealkylation sites (N-methyl/N-ethyl adjacent to an activating group) is 1. The highest BCUT2D eigenvalue weighted by Crippen LogP contribution is 2.23. The molecule has 136 valence electrons. The Morgan fingerprint density at radius 1 is 1.31 bits per heavy atom. The molecule has 3 rings (SSSR count). The largest absolute Gasteiger partial charge is 0.481 e. The van der Waals surface area contributed by atoms with E-state index in [1.165, 1.54) is 16.2 Å². The van der Waals surface area contributed by atoms with Gasteiger partial charge in [-0.25, -0.2) is 0 Å². The van der Waals surface area contributed by atoms with E-state index in [0.717, 1.165) is 21.8 Å². The van der Waals surface area contributed by atoms with Gasteiger partial charge in [0.15, 0.2) is 6.10 Å². The summed E-state index contributed by atoms with van der Waals surface area (Å²) in [7, 11) is 1.69. The zero-order valence-corrected chi connectivity index (χ0v) is 16.0. The molecule has 0 spiro atoms. The summed E-state index contributed by atoms with van der Waals surface area (Å²) in [6, 6.07) is 9.66. The van der Waals surface area contributed by atoms with Crippen molar-refractivity contribution < 1.29 is 14.1 Å². The predicted molar refractivity (Wildman–Crippen MR) is 100 cm³/mol. The van der Waals surface area contributed by atoms with Crippen molar-refractivity contribution in [3.63, 3.8) is 0 Å². The van der Waals surface area contributed by atoms with E-state index in [-0.39, 0.29) is 12.5 Å². The van der Waals surface area contributed by atoms with E-state index in [4.69, 9.17) is 9.26 Å². The first kappa shape index (κ1) is 18.1. The molecule has 0 aliphatic carbocycles. The van der Waals surface area contributed by atoms with Crippen molar-refractivity contribution in [2.45, 2.75) is 33.4 Å². The van der Waals surface area contributed by atoms with Gasteiger partial charge in [-0.1, -0.05) is 23.4 Å². The number of aromatic nitrogens is 2. The van der Waals surface area contributed by atoms with Gasteiger partial charge in [0.05, 0.1) is 11.4 Å². The van der Waals surface area contributed by atoms with Gasteiger partial charge in [-0.05, 0) is 49.4 Å². The minimum Gasteiger partial charge on any atom is -0.481 e. The highest BCUT2D eigenvalue weighted by molar-refractivity contribution is 7.13. The number of hydrogen-bond donors (Lipinski definition) is 0. The standard InChI is InChI=1S/C19H21N3O3S/c1-12-7-5-8-15(13(12)2)24-14(3)19(23)22(4)11-17-20-18(21-25-17)16-9-6-10-26-16/h5-10,14H,11H2,1-4H3/t14-/m0/s1. The molecule has 26 heavy (non-hydrogen) atoms. The van der Waals surface area contributed by atoms with E-state index in [2.05, 4.69) is 10.1 Å². The summed E-state index contributed by atoms with van der Waals surface area (Å²) in [5.41, 5.74) is 2.16. The van der Waals surface area contributed by atoms with Crippen molar-refractivity contribution in [1.82, 2.24) is 15.0 Å². The van der Waals surface area contributed by atoms with Crippen LogP contribution in [0.4, 0.5) is 0 Å². The van der Waals surface area contributed by atoms with Gasteiger partial charge in [-0.15, -0.1) is 11.3 Å². The molecule has 1 atom stereocenters. The Morgan fingerprint density at radius 2 is 2.12 bits per heavy atom. The van der Waals surface area contributed by atoms with Crippen LogP contribution in [0.3, 0.4) is 0 Å². The van der Waals surface area contributed by atoms with Gasteiger partial charge in [-0.3, -0.25) is 4.79 Å². The number of amides is 1. The van der Waals surface area contributed by atoms with Gasteiger partial charge < -0.3 is 14.2 Å². The first-order valence-corrected chi connectivity index (χ1v) is 9.18. The van der Waals surface area contributed by atoms with Crippen LogP contribution >= 0.6 is 11.3 Å². The number of rotatable bonds is 6. The molecule has 1 aromatic carbocycles. The van der Waals surface area contributed by atoms with Gasteiger partial charge in [0.2, 0.25) is 11.7 Å². The Hall–Kier alpha value is -2.67. The molecular weight excluding hydrogens is 350 g/mol. The summed E-state index contributed by atoms with van der Waals surface area (Å²) in [6.45, 7) is 5.97. The summed E-state index contributed by atoms with van der Waals surface area (Å²) in [5, 5.41) is 5.91. The molecule has 0 saturated heterocycles. The third-order valence-electron chi connectivity index (χ3n) is 4.16. The van der Waals surface area contributed by atoms with Crippen LogP contribution < -0.4 is 4.74 Å². The molecule has 2 heterocycles. The van der Waals surface area contributed by atoms with E-state index in [9.17, 15) is 4.79 Å². The molecule has 0 radical (unpaired) electrons. The first-order chi connectivity index (χ1) is 12.5. The van der Waals surface area contributed by atoms with Gasteiger partial charge >= 0.3 is 0 Å². The van der Waals surface area contributed by atoms with Crippen LogP contribution in [0.25, 0.3) is 10.7 Å². The monoisotopic (exact) mass is 371 g/mol. The lowest BCUT2D eigenvalue weighted by molar-refractivity contribution is -0.137. The second-order valence-corrected chi connectivity index (χ2v) is 7.09. The van der Waals surface area contributed by atoms with E-state index < -0.39 is 6.10 Å². The minimum absolute atomic E-state index is 0.151. The summed E-state index contributed by atoms with van der Waals surface area (Å²) in [5.74, 6) is 1.50. The Balaban J connectivity index is 1.63. The zero-order chi connectivity index (χ0) is 18.7. The molecule has 0 N–H and O–H groups in total. The molecular formula is C19H21N3O3S. The Bertz CT molecular complexity index is 889. The van der Waals surface area contributed by atoms with E-state index >= 15 is 0 Å². The Labute approximate surface area is 156 Å². The second kappa shape index (κ2) is 7.70. The van der Waals surface area contributed by atoms with Crippen molar-refractivity contribution >= 4 is 17.2 Å². The van der Waals surface area contributed by atoms with Crippen molar-refractivity contribution in [2.75, 3.05) is 7.05 Å². The maximum absolute atomic E-state index is 12.6. The fourth-order valence-electron chi connectivity index (χ4n) is 2.51. The third kappa shape index (κ3) is 3.94. The van der Waals surface area contributed by atoms with Gasteiger partial charge in [-0.2, -0.15) is 4.98 Å². The van der Waals surface area contributed by atoms with Crippen LogP contribution in [0.5, 0.6) is 5.75 Å². The average molecular weight is 371 g/mol. The highest BCUT2D eigenvalue weighted by atomic mass is 32.1. The second-order valence-electron chi connectivity index (χ2n) is 6.14. The molecule has 0 fully saturated rings. The predicted octanol–water partition coefficient (Wildman–Crippen LogP) is 3.84. The Morgan fingerprint density at radius 3 is 2.85 bits per heavy atom. The molecule has 0 aliphatic heterocycles. The molecule has 3 aromatic rings. The van der Waals surface area contributed by atoms with Crippen molar-refractivity contribution in [3.05, 3.63) is 52.7 Å². The summed E-state index contributed by atoms with van der Waals surface area (Å²) in [4.78, 5) is 19.4. The van der Waals surface area contributed by atoms with E-state index in [0.29, 0.717) is 11.7 Å². The average Bonchev–Trinajstić information content (AvgIpc) is 3.29. The minimum atomic E-state index is -0.611. The highest BCUT2D eigenvalue weighted by Gasteiger charge is 2.22. The van der Waals surface area contributed by atoms with Crippen LogP contribution in [-0.2, 0) is 11.3 Å². The number of aryl methyl sites for hydroxylation is 1. The lowest BCUT2D eigenvalue weighted by Crippen LogP contribution is -2.37. The molecule has 6 nitrogen and oxygen atoms in total. The SMILES string of the molecule is Cc1cccc(O[C@@H](C)C(=O)N(C)Cc2nc(-c3cccs3)no2)c1C. The van der Waals surface area contributed by atoms with Crippen molar-refractivity contribution in [1.29, 1.82) is 0 Å². The molecule has 0 bridgehead atoms. The topological polar surface area (TPSA) is 68.5 Å². The maximum atomic E-state index is 12.6. The lowest BCUT2D eigenvalue weighted by Gasteiger charge is -2.21. The lowest BCUT2D eigenvalue weighted by atomic mass is 10.1. The maximum Gasteiger partial charge on any atom is 0.263 e. The molecule has 0 saturated carbocycles. The number of thiophene rings is 1. The fraction of sp³-hybridized carbons (Fsp3) is 0.316. The summed E-state index contributed by atoms with van der Waals surface area (Å²) < 4.78 is 11.1. The smallest absolute Gasteiger partial charge is 0.263 e. The number of carbonyl (C=O) groups is 1. The Kier molecular flexibility index (Phi) is 5.37. The van der Waals surface area contributed by atoms with Gasteiger partial charge in [0.1, 0.15) is 5.75 Å². The van der Waals surface area contributed by atoms with Crippen LogP contribution in [0.2, 0.25) is 0 Å². The van der Waals surface area contributed by atoms with Crippen LogP contribution in [0.1, 0.15) is 23.9 Å². The van der Waals surface area contributed by atoms with Gasteiger partial charge in [0.25, 0.3) is 5.91 Å². The normalized spacial score (nSPS) is 12.0. The van der Waals surface area contributed by atoms with E-state index in [1.807, 2.05) is 49.6 Å². The van der Waals surface area contributed by atoms with Gasteiger partial charge in [0, 0.05) is 7.05 Å². The summed E-state index contributed by atoms with van der Waals surface area (Å²) in [6.07, 6.45) is -0.611. The third-order valence-corrected chi connectivity index (χ3v) is 5.03. The van der Waals surface area contributed by atoms with Crippen LogP contribution in [-0.4, -0.2) is 34.1 Å². The zero-order valence-electron chi connectivity index (χ0n) is 15.2. The molecule has 7 heteroatoms. The number of benzene rings is 1. The fourth-order valence-corrected chi connectivity index (χ4v) is 3.16. The first-order valence-electron chi connectivity index (χ1n) is 8.30. The van der Waals surface area contributed by atoms with Crippen molar-refractivity contribution in [3.8, 4) is 16.5 Å². The molecule has 1 amide bonds. The number of ether oxygens (including phenoxy) is 1. The molecule has 2 aromatic heterocycles. The van der Waals surface area contributed by atoms with Crippen LogP contribution in [0.15, 0.2) is 40.2 Å². The molecule has 0 aliphatic rings. The molecule has 0 unspecified atom stereocenters. The van der Waals surface area contributed by atoms with E-state index in [1.54, 1.807) is 14.0 Å². The number of hydrogen-bond acceptors (Lipinski definition) is 6. The number of nitrogens with zero attached hydrogens (tertiary/aromatic N) is 3. The number of carbonyl (C=O) groups excluding carboxylic acids is 1. The summed E-state index contributed by atoms with van der Waals surface area (Å²) >= 11 is 1.54. The van der Waals surface area contributed by atoms with Crippen LogP contribution in [0, 0.1) is 13.8 Å². The van der Waals surface area contributed by atoms with Crippen molar-refractivity contribution in [2.24, 2.45) is 0 Å². The quantitative estimate of drug-likeness (QED) is 0.658.